The van der Waals surface area contributed by atoms with Crippen molar-refractivity contribution in [1.82, 2.24) is 25.5 Å². The van der Waals surface area contributed by atoms with E-state index in [1.165, 1.54) is 0 Å². The molecule has 0 saturated carbocycles. The van der Waals surface area contributed by atoms with Crippen molar-refractivity contribution in [2.45, 2.75) is 45.4 Å². The Kier molecular flexibility index (Phi) is 4.24. The summed E-state index contributed by atoms with van der Waals surface area (Å²) in [6.45, 7) is 5.51. The lowest BCUT2D eigenvalue weighted by Crippen LogP contribution is -2.22. The summed E-state index contributed by atoms with van der Waals surface area (Å²) in [6, 6.07) is 0. The Morgan fingerprint density at radius 1 is 1.56 bits per heavy atom. The van der Waals surface area contributed by atoms with Crippen LogP contribution in [-0.2, 0) is 17.8 Å². The molecule has 1 aliphatic rings. The van der Waals surface area contributed by atoms with Gasteiger partial charge in [-0.1, -0.05) is 6.92 Å². The van der Waals surface area contributed by atoms with E-state index in [1.807, 2.05) is 4.68 Å². The Morgan fingerprint density at radius 2 is 2.50 bits per heavy atom. The third kappa shape index (κ3) is 2.99. The van der Waals surface area contributed by atoms with Crippen LogP contribution in [0.15, 0.2) is 0 Å². The average molecular weight is 225 g/mol. The van der Waals surface area contributed by atoms with Crippen molar-refractivity contribution in [2.24, 2.45) is 0 Å². The molecule has 1 atom stereocenters. The second kappa shape index (κ2) is 5.91. The highest BCUT2D eigenvalue weighted by molar-refractivity contribution is 4.81. The van der Waals surface area contributed by atoms with Gasteiger partial charge in [-0.3, -0.25) is 0 Å². The van der Waals surface area contributed by atoms with Crippen molar-refractivity contribution in [2.75, 3.05) is 13.2 Å². The molecule has 16 heavy (non-hydrogen) atoms. The first-order valence-corrected chi connectivity index (χ1v) is 5.97. The molecule has 1 unspecified atom stereocenters. The maximum Gasteiger partial charge on any atom is 0.165 e. The largest absolute Gasteiger partial charge is 0.376 e. The Balaban J connectivity index is 1.85. The van der Waals surface area contributed by atoms with Crippen LogP contribution < -0.4 is 5.32 Å². The van der Waals surface area contributed by atoms with Crippen molar-refractivity contribution in [1.29, 1.82) is 0 Å². The van der Waals surface area contributed by atoms with Gasteiger partial charge in [-0.05, 0) is 36.2 Å². The first kappa shape index (κ1) is 11.5. The molecular formula is C10H19N5O. The second-order valence-corrected chi connectivity index (χ2v) is 4.09. The Bertz CT molecular complexity index is 308. The van der Waals surface area contributed by atoms with E-state index in [0.717, 1.165) is 51.3 Å². The molecule has 6 nitrogen and oxygen atoms in total. The Labute approximate surface area is 95.4 Å². The summed E-state index contributed by atoms with van der Waals surface area (Å²) in [7, 11) is 0. The summed E-state index contributed by atoms with van der Waals surface area (Å²) in [5.74, 6) is 0.893. The number of nitrogens with one attached hydrogen (secondary N) is 1. The minimum absolute atomic E-state index is 0.286. The monoisotopic (exact) mass is 225 g/mol. The van der Waals surface area contributed by atoms with Crippen LogP contribution in [0.4, 0.5) is 0 Å². The van der Waals surface area contributed by atoms with E-state index in [-0.39, 0.29) is 6.10 Å². The third-order valence-electron chi connectivity index (χ3n) is 2.72. The van der Waals surface area contributed by atoms with Crippen molar-refractivity contribution in [3.8, 4) is 0 Å². The minimum atomic E-state index is 0.286. The molecule has 0 radical (unpaired) electrons. The normalized spacial score (nSPS) is 20.4. The van der Waals surface area contributed by atoms with E-state index < -0.39 is 0 Å². The van der Waals surface area contributed by atoms with Crippen molar-refractivity contribution in [3.63, 3.8) is 0 Å². The molecule has 1 aliphatic heterocycles. The van der Waals surface area contributed by atoms with Gasteiger partial charge in [0.2, 0.25) is 0 Å². The van der Waals surface area contributed by atoms with Gasteiger partial charge >= 0.3 is 0 Å². The van der Waals surface area contributed by atoms with Gasteiger partial charge < -0.3 is 10.1 Å². The molecule has 0 amide bonds. The summed E-state index contributed by atoms with van der Waals surface area (Å²) >= 11 is 0. The Hall–Kier alpha value is -1.01. The van der Waals surface area contributed by atoms with Crippen LogP contribution in [0.25, 0.3) is 0 Å². The third-order valence-corrected chi connectivity index (χ3v) is 2.72. The highest BCUT2D eigenvalue weighted by Crippen LogP contribution is 2.13. The highest BCUT2D eigenvalue weighted by Gasteiger charge is 2.18. The molecule has 1 saturated heterocycles. The molecule has 0 aliphatic carbocycles. The molecule has 6 heteroatoms. The van der Waals surface area contributed by atoms with Gasteiger partial charge in [0.25, 0.3) is 0 Å². The molecule has 0 spiro atoms. The van der Waals surface area contributed by atoms with Crippen LogP contribution >= 0.6 is 0 Å². The first-order valence-electron chi connectivity index (χ1n) is 5.97. The number of hydrogen-bond donors (Lipinski definition) is 1. The summed E-state index contributed by atoms with van der Waals surface area (Å²) < 4.78 is 7.42. The van der Waals surface area contributed by atoms with Crippen LogP contribution in [0, 0.1) is 0 Å². The van der Waals surface area contributed by atoms with Gasteiger partial charge in [-0.15, -0.1) is 5.10 Å². The summed E-state index contributed by atoms with van der Waals surface area (Å²) in [5.41, 5.74) is 0. The van der Waals surface area contributed by atoms with Crippen LogP contribution in [0.2, 0.25) is 0 Å². The van der Waals surface area contributed by atoms with Crippen LogP contribution in [0.5, 0.6) is 0 Å². The fourth-order valence-corrected chi connectivity index (χ4v) is 1.85. The maximum atomic E-state index is 5.57. The molecule has 1 N–H and O–H groups in total. The van der Waals surface area contributed by atoms with Gasteiger partial charge in [0, 0.05) is 6.61 Å². The van der Waals surface area contributed by atoms with Crippen LogP contribution in [-0.4, -0.2) is 39.5 Å². The lowest BCUT2D eigenvalue weighted by molar-refractivity contribution is 0.0925. The average Bonchev–Trinajstić information content (AvgIpc) is 2.92. The number of rotatable bonds is 6. The molecule has 2 rings (SSSR count). The molecular weight excluding hydrogens is 206 g/mol. The van der Waals surface area contributed by atoms with Crippen LogP contribution in [0.1, 0.15) is 32.0 Å². The number of nitrogens with zero attached hydrogens (tertiary/aromatic N) is 4. The fraction of sp³-hybridized carbons (Fsp3) is 0.900. The lowest BCUT2D eigenvalue weighted by Gasteiger charge is -2.10. The molecule has 1 aromatic heterocycles. The van der Waals surface area contributed by atoms with E-state index in [9.17, 15) is 0 Å². The van der Waals surface area contributed by atoms with Crippen molar-refractivity contribution in [3.05, 3.63) is 5.82 Å². The predicted octanol–water partition coefficient (Wildman–Crippen LogP) is 0.352. The smallest absolute Gasteiger partial charge is 0.165 e. The van der Waals surface area contributed by atoms with E-state index in [1.54, 1.807) is 0 Å². The van der Waals surface area contributed by atoms with Gasteiger partial charge in [-0.2, -0.15) is 0 Å². The Morgan fingerprint density at radius 3 is 3.25 bits per heavy atom. The zero-order valence-electron chi connectivity index (χ0n) is 9.72. The zero-order chi connectivity index (χ0) is 11.2. The minimum Gasteiger partial charge on any atom is -0.376 e. The fourth-order valence-electron chi connectivity index (χ4n) is 1.85. The molecule has 90 valence electrons. The topological polar surface area (TPSA) is 64.9 Å². The maximum absolute atomic E-state index is 5.57. The molecule has 0 bridgehead atoms. The van der Waals surface area contributed by atoms with Crippen molar-refractivity contribution >= 4 is 0 Å². The van der Waals surface area contributed by atoms with Gasteiger partial charge in [0.05, 0.1) is 19.2 Å². The SMILES string of the molecule is CCCNCc1nnnn1CC1CCCO1. The van der Waals surface area contributed by atoms with E-state index in [2.05, 4.69) is 27.8 Å². The highest BCUT2D eigenvalue weighted by atomic mass is 16.5. The standard InChI is InChI=1S/C10H19N5O/c1-2-5-11-7-10-12-13-14-15(10)8-9-4-3-6-16-9/h9,11H,2-8H2,1H3. The van der Waals surface area contributed by atoms with Crippen molar-refractivity contribution < 1.29 is 4.74 Å². The lowest BCUT2D eigenvalue weighted by atomic mass is 10.2. The number of tetrazole rings is 1. The first-order chi connectivity index (χ1) is 7.90. The summed E-state index contributed by atoms with van der Waals surface area (Å²) in [4.78, 5) is 0. The number of ether oxygens (including phenoxy) is 1. The quantitative estimate of drug-likeness (QED) is 0.708. The molecule has 2 heterocycles. The molecule has 1 fully saturated rings. The van der Waals surface area contributed by atoms with E-state index in [4.69, 9.17) is 4.74 Å². The predicted molar refractivity (Wildman–Crippen MR) is 58.8 cm³/mol. The van der Waals surface area contributed by atoms with Crippen LogP contribution in [0.3, 0.4) is 0 Å². The van der Waals surface area contributed by atoms with Gasteiger partial charge in [0.1, 0.15) is 0 Å². The zero-order valence-corrected chi connectivity index (χ0v) is 9.72. The number of aromatic nitrogens is 4. The summed E-state index contributed by atoms with van der Waals surface area (Å²) in [6.07, 6.45) is 3.67. The second-order valence-electron chi connectivity index (χ2n) is 4.09. The molecule has 1 aromatic rings. The number of hydrogen-bond acceptors (Lipinski definition) is 5. The van der Waals surface area contributed by atoms with E-state index in [0.29, 0.717) is 0 Å². The van der Waals surface area contributed by atoms with Gasteiger partial charge in [-0.25, -0.2) is 4.68 Å². The summed E-state index contributed by atoms with van der Waals surface area (Å²) in [5, 5.41) is 15.0. The molecule has 0 aromatic carbocycles. The van der Waals surface area contributed by atoms with E-state index >= 15 is 0 Å². The van der Waals surface area contributed by atoms with Gasteiger partial charge in [0.15, 0.2) is 5.82 Å².